The van der Waals surface area contributed by atoms with Crippen LogP contribution in [0, 0.1) is 0 Å². The van der Waals surface area contributed by atoms with E-state index in [0.29, 0.717) is 12.8 Å². The minimum atomic E-state index is -1.72. The number of carbonyl (C=O) groups excluding carboxylic acids is 1. The van der Waals surface area contributed by atoms with E-state index in [1.807, 2.05) is 42.5 Å². The molecule has 0 saturated carbocycles. The van der Waals surface area contributed by atoms with Gasteiger partial charge in [0.25, 0.3) is 0 Å². The molecule has 3 nitrogen and oxygen atoms in total. The van der Waals surface area contributed by atoms with E-state index in [-0.39, 0.29) is 17.5 Å². The van der Waals surface area contributed by atoms with Gasteiger partial charge in [-0.1, -0.05) is 50.1 Å². The van der Waals surface area contributed by atoms with Gasteiger partial charge < -0.3 is 5.11 Å². The van der Waals surface area contributed by atoms with E-state index in [0.717, 1.165) is 26.5 Å². The van der Waals surface area contributed by atoms with Gasteiger partial charge in [0, 0.05) is 27.4 Å². The van der Waals surface area contributed by atoms with E-state index in [1.54, 1.807) is 0 Å². The van der Waals surface area contributed by atoms with Crippen LogP contribution in [0.5, 0.6) is 0 Å². The maximum atomic E-state index is 11.2. The van der Waals surface area contributed by atoms with Crippen LogP contribution in [0.1, 0.15) is 34.3 Å². The van der Waals surface area contributed by atoms with Gasteiger partial charge in [0.15, 0.2) is 5.78 Å². The molecule has 0 atom stereocenters. The van der Waals surface area contributed by atoms with Crippen LogP contribution in [-0.4, -0.2) is 33.6 Å². The maximum absolute atomic E-state index is 11.2. The fourth-order valence-electron chi connectivity index (χ4n) is 2.31. The lowest BCUT2D eigenvalue weighted by molar-refractivity contribution is -0.136. The fourth-order valence-corrected chi connectivity index (χ4v) is 2.94. The Morgan fingerprint density at radius 3 is 1.97 bits per heavy atom. The van der Waals surface area contributed by atoms with Crippen LogP contribution in [0.3, 0.4) is 0 Å². The van der Waals surface area contributed by atoms with E-state index < -0.39 is 17.4 Å². The van der Waals surface area contributed by atoms with Gasteiger partial charge in [-0.3, -0.25) is 9.59 Å². The number of Topliss-reactive ketones (excluding diaryl/α,β-unsaturated/α-hetero) is 1. The van der Waals surface area contributed by atoms with E-state index in [4.69, 9.17) is 58.5 Å². The molecule has 11 heteroatoms. The smallest absolute Gasteiger partial charge is 0.481 e. The number of rotatable bonds is 3. The first-order valence-electron chi connectivity index (χ1n) is 8.42. The molecule has 0 unspecified atom stereocenters. The molecule has 3 rings (SSSR count). The molecule has 2 aromatic rings. The third kappa shape index (κ3) is 15.3. The number of fused-ring (bicyclic) bond motifs is 1. The van der Waals surface area contributed by atoms with Gasteiger partial charge in [0.05, 0.1) is 5.34 Å². The molecular weight excluding hydrogens is 640 g/mol. The summed E-state index contributed by atoms with van der Waals surface area (Å²) in [6.07, 6.45) is 2.40. The normalized spacial score (nSPS) is 11.0. The lowest BCUT2D eigenvalue weighted by atomic mass is 10.1. The Hall–Kier alpha value is 0.522. The molecule has 0 fully saturated rings. The minimum Gasteiger partial charge on any atom is -0.481 e. The number of alkyl halides is 2. The molecule has 0 radical (unpaired) electrons. The van der Waals surface area contributed by atoms with E-state index in [9.17, 15) is 9.59 Å². The molecule has 1 aliphatic rings. The second kappa shape index (κ2) is 18.0. The average molecular weight is 658 g/mol. The van der Waals surface area contributed by atoms with Gasteiger partial charge in [0.1, 0.15) is 0 Å². The topological polar surface area (TPSA) is 54.4 Å². The van der Waals surface area contributed by atoms with Gasteiger partial charge in [-0.15, -0.1) is 23.2 Å². The molecule has 0 aromatic heterocycles. The Morgan fingerprint density at radius 1 is 0.967 bits per heavy atom. The number of hydrogen-bond donors (Lipinski definition) is 1. The molecule has 30 heavy (non-hydrogen) atoms. The summed E-state index contributed by atoms with van der Waals surface area (Å²) in [6, 6.07) is 13.6. The molecule has 0 saturated heterocycles. The third-order valence-electron chi connectivity index (χ3n) is 3.53. The highest BCUT2D eigenvalue weighted by Gasteiger charge is 2.18. The number of carboxylic acid groups (broad SMARTS) is 1. The zero-order chi connectivity index (χ0) is 23.1. The van der Waals surface area contributed by atoms with Crippen LogP contribution in [0.25, 0.3) is 0 Å². The van der Waals surface area contributed by atoms with Crippen molar-refractivity contribution in [3.05, 3.63) is 68.1 Å². The second-order valence-electron chi connectivity index (χ2n) is 5.59. The van der Waals surface area contributed by atoms with Gasteiger partial charge in [-0.05, 0) is 48.2 Å². The Labute approximate surface area is 220 Å². The van der Waals surface area contributed by atoms with Gasteiger partial charge >= 0.3 is 17.4 Å². The monoisotopic (exact) mass is 654 g/mol. The maximum Gasteiger partial charge on any atom is 0.643 e. The molecule has 0 bridgehead atoms. The first-order chi connectivity index (χ1) is 14.1. The molecule has 0 heterocycles. The molecule has 0 spiro atoms. The molecule has 2 aromatic carbocycles. The standard InChI is InChI=1S/C9H9BrO2.C9H7BrO.CH2Cl2.Al.3ClH/c10-8-4-1-7(2-5-8)3-6-9(11)12;10-7-3-1-6-2-4-9(11)8(6)5-7;2-1-3;;;;/h1-2,4-5H,3,6H2,(H,11,12);1,3,5H,2,4H2;1H2;;3*1H/q;;;+3;;;/p-3. The van der Waals surface area contributed by atoms with Gasteiger partial charge in [0.2, 0.25) is 0 Å². The number of aliphatic carboxylic acids is 1. The molecule has 0 aliphatic heterocycles. The quantitative estimate of drug-likeness (QED) is 0.268. The van der Waals surface area contributed by atoms with Crippen LogP contribution in [0.4, 0.5) is 0 Å². The van der Waals surface area contributed by atoms with Crippen LogP contribution in [-0.2, 0) is 17.6 Å². The van der Waals surface area contributed by atoms with E-state index >= 15 is 0 Å². The van der Waals surface area contributed by atoms with E-state index in [2.05, 4.69) is 31.9 Å². The number of ketones is 1. The number of carbonyl (C=O) groups is 2. The highest BCUT2D eigenvalue weighted by atomic mass is 79.9. The highest BCUT2D eigenvalue weighted by Crippen LogP contribution is 2.24. The summed E-state index contributed by atoms with van der Waals surface area (Å²) in [7, 11) is 14.8. The predicted octanol–water partition coefficient (Wildman–Crippen LogP) is 8.15. The molecule has 164 valence electrons. The number of benzene rings is 2. The van der Waals surface area contributed by atoms with E-state index in [1.165, 1.54) is 5.56 Å². The predicted molar refractivity (Wildman–Crippen MR) is 137 cm³/mol. The summed E-state index contributed by atoms with van der Waals surface area (Å²) < 4.78 is 2.01. The van der Waals surface area contributed by atoms with Crippen molar-refractivity contribution in [1.82, 2.24) is 0 Å². The summed E-state index contributed by atoms with van der Waals surface area (Å²) in [5.74, 6) is -0.473. The first-order valence-corrected chi connectivity index (χ1v) is 16.3. The van der Waals surface area contributed by atoms with Crippen molar-refractivity contribution < 1.29 is 14.7 Å². The summed E-state index contributed by atoms with van der Waals surface area (Å²) in [5.41, 5.74) is 3.15. The van der Waals surface area contributed by atoms with Crippen molar-refractivity contribution in [3.63, 3.8) is 0 Å². The summed E-state index contributed by atoms with van der Waals surface area (Å²) in [4.78, 5) is 21.4. The van der Waals surface area contributed by atoms with Crippen LogP contribution in [0.15, 0.2) is 51.4 Å². The Balaban J connectivity index is 0.000000431. The van der Waals surface area contributed by atoms with Gasteiger partial charge in [-0.2, -0.15) is 0 Å². The zero-order valence-electron chi connectivity index (χ0n) is 15.6. The Bertz CT molecular complexity index is 789. The molecular formula is C19H18AlBr2Cl5O3. The van der Waals surface area contributed by atoms with Crippen molar-refractivity contribution >= 4 is 108 Å². The van der Waals surface area contributed by atoms with Crippen LogP contribution < -0.4 is 0 Å². The first kappa shape index (κ1) is 30.5. The fraction of sp³-hybridized carbons (Fsp3) is 0.263. The van der Waals surface area contributed by atoms with Crippen molar-refractivity contribution in [2.45, 2.75) is 25.7 Å². The molecule has 1 aliphatic carbocycles. The van der Waals surface area contributed by atoms with Crippen LogP contribution in [0.2, 0.25) is 0 Å². The number of halogens is 7. The number of hydrogen-bond acceptors (Lipinski definition) is 2. The minimum absolute atomic E-state index is 0.194. The van der Waals surface area contributed by atoms with Crippen molar-refractivity contribution in [1.29, 1.82) is 0 Å². The highest BCUT2D eigenvalue weighted by molar-refractivity contribution is 9.10. The van der Waals surface area contributed by atoms with Gasteiger partial charge in [-0.25, -0.2) is 30.1 Å². The number of carboxylic acids is 1. The SMILES string of the molecule is ClCCl.O=C(O)CCc1ccc(Br)cc1.O=C1CCc2ccc(Br)cc21.[Cl][Al]([Cl])[Cl]. The zero-order valence-corrected chi connectivity index (χ0v) is 23.7. The van der Waals surface area contributed by atoms with Crippen molar-refractivity contribution in [2.75, 3.05) is 5.34 Å². The van der Waals surface area contributed by atoms with Crippen LogP contribution >= 0.6 is 85.2 Å². The van der Waals surface area contributed by atoms with Crippen molar-refractivity contribution in [3.8, 4) is 0 Å². The molecule has 1 N–H and O–H groups in total. The molecule has 0 amide bonds. The summed E-state index contributed by atoms with van der Waals surface area (Å²) >= 11 is 14.5. The lowest BCUT2D eigenvalue weighted by Crippen LogP contribution is -1.96. The average Bonchev–Trinajstić information content (AvgIpc) is 3.02. The summed E-state index contributed by atoms with van der Waals surface area (Å²) in [6.45, 7) is 0. The van der Waals surface area contributed by atoms with Crippen molar-refractivity contribution in [2.24, 2.45) is 0 Å². The third-order valence-corrected chi connectivity index (χ3v) is 4.56. The number of aryl methyl sites for hydroxylation is 2. The lowest BCUT2D eigenvalue weighted by Gasteiger charge is -1.97. The second-order valence-corrected chi connectivity index (χ2v) is 14.7. The Kier molecular flexibility index (Phi) is 18.3. The Morgan fingerprint density at radius 2 is 1.47 bits per heavy atom. The largest absolute Gasteiger partial charge is 0.643 e. The summed E-state index contributed by atoms with van der Waals surface area (Å²) in [5, 5.41) is 8.61.